The van der Waals surface area contributed by atoms with Gasteiger partial charge in [-0.25, -0.2) is 9.59 Å². The van der Waals surface area contributed by atoms with E-state index in [0.717, 1.165) is 11.3 Å². The zero-order valence-corrected chi connectivity index (χ0v) is 15.7. The van der Waals surface area contributed by atoms with Crippen molar-refractivity contribution in [2.75, 3.05) is 18.6 Å². The topological polar surface area (TPSA) is 119 Å². The number of thiophene rings is 1. The van der Waals surface area contributed by atoms with Gasteiger partial charge in [-0.1, -0.05) is 12.1 Å². The van der Waals surface area contributed by atoms with Crippen LogP contribution in [-0.4, -0.2) is 29.0 Å². The number of nitrogen functional groups attached to an aromatic ring is 1. The molecule has 0 saturated carbocycles. The Bertz CT molecular complexity index is 914. The molecule has 0 aliphatic rings. The molecule has 1 aromatic carbocycles. The van der Waals surface area contributed by atoms with Gasteiger partial charge in [0.05, 0.1) is 33.4 Å². The van der Waals surface area contributed by atoms with E-state index < -0.39 is 22.7 Å². The molecule has 0 spiro atoms. The fourth-order valence-corrected chi connectivity index (χ4v) is 3.86. The van der Waals surface area contributed by atoms with Gasteiger partial charge in [-0.15, -0.1) is 11.3 Å². The van der Waals surface area contributed by atoms with Crippen molar-refractivity contribution in [2.45, 2.75) is 18.4 Å². The number of carbonyl (C=O) groups is 2. The molecule has 0 fully saturated rings. The minimum atomic E-state index is -1.37. The van der Waals surface area contributed by atoms with E-state index in [2.05, 4.69) is 0 Å². The second-order valence-electron chi connectivity index (χ2n) is 5.01. The Morgan fingerprint density at radius 2 is 1.96 bits per heavy atom. The Balaban J connectivity index is 2.30. The number of benzene rings is 1. The average molecular weight is 392 g/mol. The van der Waals surface area contributed by atoms with Crippen LogP contribution in [0.2, 0.25) is 0 Å². The highest BCUT2D eigenvalue weighted by molar-refractivity contribution is 7.84. The largest absolute Gasteiger partial charge is 0.462 e. The average Bonchev–Trinajstić information content (AvgIpc) is 2.95. The molecule has 0 aliphatic heterocycles. The number of ether oxygens (including phenoxy) is 2. The van der Waals surface area contributed by atoms with Crippen molar-refractivity contribution in [1.82, 2.24) is 0 Å². The monoisotopic (exact) mass is 392 g/mol. The van der Waals surface area contributed by atoms with Crippen LogP contribution in [0.3, 0.4) is 0 Å². The summed E-state index contributed by atoms with van der Waals surface area (Å²) in [7, 11) is -1.37. The van der Waals surface area contributed by atoms with Crippen LogP contribution in [-0.2, 0) is 26.9 Å². The second-order valence-corrected chi connectivity index (χ2v) is 7.41. The van der Waals surface area contributed by atoms with Crippen LogP contribution in [0.15, 0.2) is 29.2 Å². The van der Waals surface area contributed by atoms with Crippen LogP contribution in [0.25, 0.3) is 0 Å². The van der Waals surface area contributed by atoms with E-state index in [1.54, 1.807) is 25.1 Å². The Labute approximate surface area is 156 Å². The van der Waals surface area contributed by atoms with Crippen molar-refractivity contribution in [3.8, 4) is 6.07 Å². The van der Waals surface area contributed by atoms with Gasteiger partial charge in [0, 0.05) is 11.8 Å². The van der Waals surface area contributed by atoms with Gasteiger partial charge in [0.2, 0.25) is 0 Å². The molecule has 26 heavy (non-hydrogen) atoms. The molecular weight excluding hydrogens is 376 g/mol. The fraction of sp³-hybridized carbons (Fsp3) is 0.235. The lowest BCUT2D eigenvalue weighted by Gasteiger charge is -2.09. The minimum absolute atomic E-state index is 0.0817. The molecule has 1 heterocycles. The van der Waals surface area contributed by atoms with E-state index in [1.807, 2.05) is 6.07 Å². The number of nitrogens with two attached hydrogens (primary N) is 1. The van der Waals surface area contributed by atoms with Crippen molar-refractivity contribution in [2.24, 2.45) is 0 Å². The highest BCUT2D eigenvalue weighted by Gasteiger charge is 2.24. The molecule has 136 valence electrons. The van der Waals surface area contributed by atoms with Crippen LogP contribution < -0.4 is 5.73 Å². The number of rotatable bonds is 6. The first kappa shape index (κ1) is 19.6. The van der Waals surface area contributed by atoms with Crippen LogP contribution in [0, 0.1) is 11.3 Å². The molecule has 0 radical (unpaired) electrons. The van der Waals surface area contributed by atoms with E-state index in [4.69, 9.17) is 15.2 Å². The standard InChI is InChI=1S/C17H16N2O5S2/c1-3-23-17(21)14-12(11(8-18)15(19)25-14)9-24-16(20)10-6-4-5-7-13(10)26(2)22/h4-7H,3,9,19H2,1-2H3/t26-/m1/s1. The maximum Gasteiger partial charge on any atom is 0.348 e. The Kier molecular flexibility index (Phi) is 6.49. The Morgan fingerprint density at radius 1 is 1.27 bits per heavy atom. The number of nitrogens with zero attached hydrogens (tertiary/aromatic N) is 1. The van der Waals surface area contributed by atoms with E-state index in [-0.39, 0.29) is 39.8 Å². The second kappa shape index (κ2) is 8.60. The number of anilines is 1. The van der Waals surface area contributed by atoms with Crippen LogP contribution in [0.1, 0.15) is 38.1 Å². The first-order valence-corrected chi connectivity index (χ1v) is 9.86. The summed E-state index contributed by atoms with van der Waals surface area (Å²) in [6.07, 6.45) is 1.46. The SMILES string of the molecule is CCOC(=O)c1sc(N)c(C#N)c1COC(=O)c1ccccc1[S@@](C)=O. The summed E-state index contributed by atoms with van der Waals surface area (Å²) in [5.74, 6) is -1.34. The van der Waals surface area contributed by atoms with Crippen LogP contribution in [0.5, 0.6) is 0 Å². The molecular formula is C17H16N2O5S2. The predicted molar refractivity (Wildman–Crippen MR) is 97.3 cm³/mol. The molecule has 2 rings (SSSR count). The van der Waals surface area contributed by atoms with Gasteiger partial charge < -0.3 is 15.2 Å². The number of hydrogen-bond acceptors (Lipinski definition) is 8. The van der Waals surface area contributed by atoms with Crippen LogP contribution >= 0.6 is 11.3 Å². The third-order valence-electron chi connectivity index (χ3n) is 3.37. The summed E-state index contributed by atoms with van der Waals surface area (Å²) in [5.41, 5.74) is 6.22. The molecule has 2 aromatic rings. The summed E-state index contributed by atoms with van der Waals surface area (Å²) in [6, 6.07) is 8.27. The van der Waals surface area contributed by atoms with E-state index in [1.165, 1.54) is 12.3 Å². The molecule has 0 aliphatic carbocycles. The summed E-state index contributed by atoms with van der Waals surface area (Å²) in [4.78, 5) is 24.9. The maximum atomic E-state index is 12.4. The number of carbonyl (C=O) groups excluding carboxylic acids is 2. The van der Waals surface area contributed by atoms with Crippen molar-refractivity contribution >= 4 is 39.1 Å². The highest BCUT2D eigenvalue weighted by Crippen LogP contribution is 2.32. The molecule has 1 atom stereocenters. The van der Waals surface area contributed by atoms with Crippen molar-refractivity contribution < 1.29 is 23.3 Å². The van der Waals surface area contributed by atoms with E-state index in [9.17, 15) is 19.1 Å². The van der Waals surface area contributed by atoms with Gasteiger partial charge >= 0.3 is 11.9 Å². The quantitative estimate of drug-likeness (QED) is 0.750. The Morgan fingerprint density at radius 3 is 2.58 bits per heavy atom. The van der Waals surface area contributed by atoms with Gasteiger partial charge in [0.1, 0.15) is 22.6 Å². The van der Waals surface area contributed by atoms with E-state index in [0.29, 0.717) is 4.90 Å². The van der Waals surface area contributed by atoms with Crippen LogP contribution in [0.4, 0.5) is 5.00 Å². The first-order valence-electron chi connectivity index (χ1n) is 7.48. The summed E-state index contributed by atoms with van der Waals surface area (Å²) < 4.78 is 21.9. The number of nitriles is 1. The van der Waals surface area contributed by atoms with E-state index >= 15 is 0 Å². The molecule has 1 aromatic heterocycles. The molecule has 0 unspecified atom stereocenters. The van der Waals surface area contributed by atoms with Gasteiger partial charge in [-0.05, 0) is 19.1 Å². The number of esters is 2. The molecule has 0 saturated heterocycles. The van der Waals surface area contributed by atoms with Gasteiger partial charge in [0.25, 0.3) is 0 Å². The maximum absolute atomic E-state index is 12.4. The van der Waals surface area contributed by atoms with Gasteiger partial charge in [0.15, 0.2) is 0 Å². The van der Waals surface area contributed by atoms with Crippen molar-refractivity contribution in [3.63, 3.8) is 0 Å². The lowest BCUT2D eigenvalue weighted by molar-refractivity contribution is 0.0449. The minimum Gasteiger partial charge on any atom is -0.462 e. The Hall–Kier alpha value is -2.70. The third kappa shape index (κ3) is 4.09. The lowest BCUT2D eigenvalue weighted by atomic mass is 10.1. The predicted octanol–water partition coefficient (Wildman–Crippen LogP) is 2.47. The van der Waals surface area contributed by atoms with Crippen molar-refractivity contribution in [3.05, 3.63) is 45.8 Å². The first-order chi connectivity index (χ1) is 12.4. The molecule has 9 heteroatoms. The molecule has 0 amide bonds. The molecule has 0 bridgehead atoms. The summed E-state index contributed by atoms with van der Waals surface area (Å²) >= 11 is 0.910. The van der Waals surface area contributed by atoms with Gasteiger partial charge in [-0.2, -0.15) is 5.26 Å². The van der Waals surface area contributed by atoms with Gasteiger partial charge in [-0.3, -0.25) is 4.21 Å². The molecule has 2 N–H and O–H groups in total. The zero-order valence-electron chi connectivity index (χ0n) is 14.1. The smallest absolute Gasteiger partial charge is 0.348 e. The lowest BCUT2D eigenvalue weighted by Crippen LogP contribution is -2.11. The van der Waals surface area contributed by atoms with Crippen molar-refractivity contribution in [1.29, 1.82) is 5.26 Å². The zero-order chi connectivity index (χ0) is 19.3. The summed E-state index contributed by atoms with van der Waals surface area (Å²) in [6.45, 7) is 1.49. The third-order valence-corrected chi connectivity index (χ3v) is 5.39. The molecule has 7 nitrogen and oxygen atoms in total. The highest BCUT2D eigenvalue weighted by atomic mass is 32.2. The number of hydrogen-bond donors (Lipinski definition) is 1. The summed E-state index contributed by atoms with van der Waals surface area (Å²) in [5, 5.41) is 9.42. The fourth-order valence-electron chi connectivity index (χ4n) is 2.21. The normalized spacial score (nSPS) is 11.4.